The average Bonchev–Trinajstić information content (AvgIpc) is 2.43. The highest BCUT2D eigenvalue weighted by molar-refractivity contribution is 6.32. The first-order valence-electron chi connectivity index (χ1n) is 6.03. The van der Waals surface area contributed by atoms with Gasteiger partial charge in [-0.1, -0.05) is 17.7 Å². The van der Waals surface area contributed by atoms with E-state index in [-0.39, 0.29) is 5.91 Å². The second-order valence-corrected chi connectivity index (χ2v) is 4.73. The van der Waals surface area contributed by atoms with Crippen molar-refractivity contribution in [1.29, 1.82) is 0 Å². The monoisotopic (exact) mass is 290 g/mol. The third-order valence-electron chi connectivity index (χ3n) is 2.99. The molecule has 0 saturated carbocycles. The Morgan fingerprint density at radius 1 is 1.30 bits per heavy atom. The molecule has 0 radical (unpaired) electrons. The van der Waals surface area contributed by atoms with Crippen LogP contribution < -0.4 is 15.8 Å². The second kappa shape index (κ2) is 5.84. The third-order valence-corrected chi connectivity index (χ3v) is 3.40. The van der Waals surface area contributed by atoms with Crippen LogP contribution in [-0.4, -0.2) is 13.0 Å². The number of methoxy groups -OCH3 is 1. The SMILES string of the molecule is COc1cc(N)ccc1NC(=O)c1cccc(Cl)c1C. The first-order chi connectivity index (χ1) is 9.52. The van der Waals surface area contributed by atoms with E-state index in [1.54, 1.807) is 43.3 Å². The van der Waals surface area contributed by atoms with Crippen molar-refractivity contribution in [3.8, 4) is 5.75 Å². The lowest BCUT2D eigenvalue weighted by Crippen LogP contribution is -2.14. The van der Waals surface area contributed by atoms with Crippen LogP contribution in [-0.2, 0) is 0 Å². The van der Waals surface area contributed by atoms with Gasteiger partial charge in [0.2, 0.25) is 0 Å². The van der Waals surface area contributed by atoms with Crippen LogP contribution in [0.3, 0.4) is 0 Å². The maximum atomic E-state index is 12.3. The van der Waals surface area contributed by atoms with Crippen LogP contribution in [0.1, 0.15) is 15.9 Å². The molecular weight excluding hydrogens is 276 g/mol. The summed E-state index contributed by atoms with van der Waals surface area (Å²) in [5.41, 5.74) is 8.07. The van der Waals surface area contributed by atoms with Crippen LogP contribution in [0.4, 0.5) is 11.4 Å². The Balaban J connectivity index is 2.30. The molecule has 0 aromatic heterocycles. The van der Waals surface area contributed by atoms with Gasteiger partial charge in [-0.05, 0) is 36.8 Å². The largest absolute Gasteiger partial charge is 0.494 e. The second-order valence-electron chi connectivity index (χ2n) is 4.33. The number of carbonyl (C=O) groups excluding carboxylic acids is 1. The van der Waals surface area contributed by atoms with Crippen molar-refractivity contribution < 1.29 is 9.53 Å². The lowest BCUT2D eigenvalue weighted by molar-refractivity contribution is 0.102. The molecule has 0 aliphatic heterocycles. The van der Waals surface area contributed by atoms with Crippen molar-refractivity contribution in [3.63, 3.8) is 0 Å². The fourth-order valence-electron chi connectivity index (χ4n) is 1.85. The molecule has 0 spiro atoms. The molecule has 2 rings (SSSR count). The lowest BCUT2D eigenvalue weighted by Gasteiger charge is -2.12. The van der Waals surface area contributed by atoms with E-state index < -0.39 is 0 Å². The molecule has 3 N–H and O–H groups in total. The predicted octanol–water partition coefficient (Wildman–Crippen LogP) is 3.49. The predicted molar refractivity (Wildman–Crippen MR) is 81.5 cm³/mol. The molecule has 0 aliphatic rings. The van der Waals surface area contributed by atoms with Crippen LogP contribution in [0.2, 0.25) is 5.02 Å². The van der Waals surface area contributed by atoms with Gasteiger partial charge >= 0.3 is 0 Å². The Bertz CT molecular complexity index is 656. The first-order valence-corrected chi connectivity index (χ1v) is 6.40. The summed E-state index contributed by atoms with van der Waals surface area (Å²) >= 11 is 6.02. The van der Waals surface area contributed by atoms with Gasteiger partial charge < -0.3 is 15.8 Å². The Hall–Kier alpha value is -2.20. The molecule has 2 aromatic carbocycles. The molecule has 0 saturated heterocycles. The standard InChI is InChI=1S/C15H15ClN2O2/c1-9-11(4-3-5-12(9)16)15(19)18-13-7-6-10(17)8-14(13)20-2/h3-8H,17H2,1-2H3,(H,18,19). The minimum absolute atomic E-state index is 0.243. The third kappa shape index (κ3) is 2.86. The van der Waals surface area contributed by atoms with Gasteiger partial charge in [-0.3, -0.25) is 4.79 Å². The highest BCUT2D eigenvalue weighted by atomic mass is 35.5. The molecule has 0 unspecified atom stereocenters. The summed E-state index contributed by atoms with van der Waals surface area (Å²) in [6, 6.07) is 10.3. The molecular formula is C15H15ClN2O2. The van der Waals surface area contributed by atoms with Gasteiger partial charge in [0.25, 0.3) is 5.91 Å². The average molecular weight is 291 g/mol. The highest BCUT2D eigenvalue weighted by Gasteiger charge is 2.13. The minimum Gasteiger partial charge on any atom is -0.494 e. The summed E-state index contributed by atoms with van der Waals surface area (Å²) in [4.78, 5) is 12.3. The zero-order valence-electron chi connectivity index (χ0n) is 11.2. The van der Waals surface area contributed by atoms with E-state index in [2.05, 4.69) is 5.32 Å². The summed E-state index contributed by atoms with van der Waals surface area (Å²) < 4.78 is 5.20. The number of nitrogens with two attached hydrogens (primary N) is 1. The zero-order chi connectivity index (χ0) is 14.7. The van der Waals surface area contributed by atoms with Crippen LogP contribution in [0.15, 0.2) is 36.4 Å². The van der Waals surface area contributed by atoms with Gasteiger partial charge in [0.1, 0.15) is 5.75 Å². The number of anilines is 2. The van der Waals surface area contributed by atoms with E-state index in [1.807, 2.05) is 0 Å². The molecule has 1 amide bonds. The number of hydrogen-bond donors (Lipinski definition) is 2. The lowest BCUT2D eigenvalue weighted by atomic mass is 10.1. The van der Waals surface area contributed by atoms with E-state index in [0.717, 1.165) is 5.56 Å². The van der Waals surface area contributed by atoms with E-state index in [4.69, 9.17) is 22.1 Å². The van der Waals surface area contributed by atoms with Crippen LogP contribution in [0.25, 0.3) is 0 Å². The molecule has 104 valence electrons. The Morgan fingerprint density at radius 3 is 2.75 bits per heavy atom. The molecule has 2 aromatic rings. The van der Waals surface area contributed by atoms with Crippen molar-refractivity contribution in [3.05, 3.63) is 52.5 Å². The maximum Gasteiger partial charge on any atom is 0.256 e. The molecule has 5 heteroatoms. The molecule has 0 bridgehead atoms. The van der Waals surface area contributed by atoms with Gasteiger partial charge in [0, 0.05) is 22.3 Å². The number of rotatable bonds is 3. The first kappa shape index (κ1) is 14.2. The van der Waals surface area contributed by atoms with E-state index in [1.165, 1.54) is 7.11 Å². The summed E-state index contributed by atoms with van der Waals surface area (Å²) in [6.07, 6.45) is 0. The normalized spacial score (nSPS) is 10.2. The number of ether oxygens (including phenoxy) is 1. The quantitative estimate of drug-likeness (QED) is 0.851. The summed E-state index contributed by atoms with van der Waals surface area (Å²) in [7, 11) is 1.52. The molecule has 0 aliphatic carbocycles. The Morgan fingerprint density at radius 2 is 2.05 bits per heavy atom. The van der Waals surface area contributed by atoms with Crippen LogP contribution in [0.5, 0.6) is 5.75 Å². The topological polar surface area (TPSA) is 64.3 Å². The zero-order valence-corrected chi connectivity index (χ0v) is 12.0. The van der Waals surface area contributed by atoms with Crippen molar-refractivity contribution in [2.45, 2.75) is 6.92 Å². The van der Waals surface area contributed by atoms with Gasteiger partial charge in [-0.2, -0.15) is 0 Å². The summed E-state index contributed by atoms with van der Waals surface area (Å²) in [6.45, 7) is 1.80. The highest BCUT2D eigenvalue weighted by Crippen LogP contribution is 2.28. The van der Waals surface area contributed by atoms with Gasteiger partial charge in [0.05, 0.1) is 12.8 Å². The van der Waals surface area contributed by atoms with Crippen molar-refractivity contribution in [2.75, 3.05) is 18.2 Å². The Kier molecular flexibility index (Phi) is 4.15. The molecule has 0 atom stereocenters. The summed E-state index contributed by atoms with van der Waals surface area (Å²) in [5.74, 6) is 0.270. The van der Waals surface area contributed by atoms with Crippen molar-refractivity contribution >= 4 is 28.9 Å². The molecule has 20 heavy (non-hydrogen) atoms. The number of nitrogens with one attached hydrogen (secondary N) is 1. The minimum atomic E-state index is -0.243. The molecule has 0 fully saturated rings. The van der Waals surface area contributed by atoms with E-state index >= 15 is 0 Å². The number of amides is 1. The molecule has 0 heterocycles. The van der Waals surface area contributed by atoms with Gasteiger partial charge in [-0.15, -0.1) is 0 Å². The number of carbonyl (C=O) groups is 1. The number of nitrogen functional groups attached to an aromatic ring is 1. The van der Waals surface area contributed by atoms with Gasteiger partial charge in [-0.25, -0.2) is 0 Å². The molecule has 4 nitrogen and oxygen atoms in total. The smallest absolute Gasteiger partial charge is 0.256 e. The van der Waals surface area contributed by atoms with Crippen LogP contribution in [0, 0.1) is 6.92 Å². The number of hydrogen-bond acceptors (Lipinski definition) is 3. The van der Waals surface area contributed by atoms with Crippen LogP contribution >= 0.6 is 11.6 Å². The number of benzene rings is 2. The van der Waals surface area contributed by atoms with Crippen molar-refractivity contribution in [1.82, 2.24) is 0 Å². The summed E-state index contributed by atoms with van der Waals surface area (Å²) in [5, 5.41) is 3.35. The fraction of sp³-hybridized carbons (Fsp3) is 0.133. The fourth-order valence-corrected chi connectivity index (χ4v) is 2.03. The van der Waals surface area contributed by atoms with E-state index in [0.29, 0.717) is 27.7 Å². The van der Waals surface area contributed by atoms with Crippen molar-refractivity contribution in [2.24, 2.45) is 0 Å². The Labute approximate surface area is 122 Å². The maximum absolute atomic E-state index is 12.3. The van der Waals surface area contributed by atoms with Gasteiger partial charge in [0.15, 0.2) is 0 Å². The van der Waals surface area contributed by atoms with E-state index in [9.17, 15) is 4.79 Å². The number of halogens is 1.